The predicted octanol–water partition coefficient (Wildman–Crippen LogP) is 5.99. The lowest BCUT2D eigenvalue weighted by atomic mass is 9.77. The molecule has 0 radical (unpaired) electrons. The van der Waals surface area contributed by atoms with Gasteiger partial charge in [0.05, 0.1) is 0 Å². The molecule has 138 valence electrons. The van der Waals surface area contributed by atoms with Crippen molar-refractivity contribution in [3.8, 4) is 10.6 Å². The number of hydrogen-bond acceptors (Lipinski definition) is 4. The molecule has 5 heteroatoms. The predicted molar refractivity (Wildman–Crippen MR) is 111 cm³/mol. The Morgan fingerprint density at radius 2 is 2.19 bits per heavy atom. The summed E-state index contributed by atoms with van der Waals surface area (Å²) < 4.78 is 0. The van der Waals surface area contributed by atoms with E-state index >= 15 is 0 Å². The van der Waals surface area contributed by atoms with E-state index in [-0.39, 0.29) is 11.8 Å². The van der Waals surface area contributed by atoms with Crippen LogP contribution in [0.1, 0.15) is 55.7 Å². The minimum Gasteiger partial charge on any atom is -0.317 e. The van der Waals surface area contributed by atoms with E-state index in [2.05, 4.69) is 36.7 Å². The number of aryl methyl sites for hydroxylation is 1. The maximum Gasteiger partial charge on any atom is 0.228 e. The van der Waals surface area contributed by atoms with E-state index in [1.54, 1.807) is 22.7 Å². The van der Waals surface area contributed by atoms with Gasteiger partial charge in [-0.1, -0.05) is 26.0 Å². The zero-order valence-corrected chi connectivity index (χ0v) is 17.4. The van der Waals surface area contributed by atoms with Gasteiger partial charge in [0, 0.05) is 27.4 Å². The Balaban J connectivity index is 1.70. The Kier molecular flexibility index (Phi) is 4.78. The number of carbonyl (C=O) groups excluding carboxylic acids is 1. The fourth-order valence-electron chi connectivity index (χ4n) is 3.93. The van der Waals surface area contributed by atoms with E-state index in [9.17, 15) is 4.79 Å². The molecule has 1 N–H and O–H groups in total. The second kappa shape index (κ2) is 6.93. The Morgan fingerprint density at radius 1 is 1.35 bits per heavy atom. The highest BCUT2D eigenvalue weighted by Crippen LogP contribution is 2.48. The standard InChI is InChI=1S/C21H26N2OS2/c1-13-12-25-19(22-13)17-15-9-10-21(2,3)11-16(15)26-20(17)23-18(24)14-7-5-4-6-8-14/h4-5,12,14H,6-11H2,1-3H3,(H,23,24). The van der Waals surface area contributed by atoms with Gasteiger partial charge >= 0.3 is 0 Å². The molecule has 2 aliphatic rings. The van der Waals surface area contributed by atoms with Crippen LogP contribution < -0.4 is 5.32 Å². The summed E-state index contributed by atoms with van der Waals surface area (Å²) in [5.41, 5.74) is 4.00. The lowest BCUT2D eigenvalue weighted by Crippen LogP contribution is -2.23. The fourth-order valence-corrected chi connectivity index (χ4v) is 6.38. The van der Waals surface area contributed by atoms with Gasteiger partial charge < -0.3 is 5.32 Å². The van der Waals surface area contributed by atoms with E-state index < -0.39 is 0 Å². The number of carbonyl (C=O) groups is 1. The highest BCUT2D eigenvalue weighted by atomic mass is 32.1. The molecule has 0 aliphatic heterocycles. The van der Waals surface area contributed by atoms with Gasteiger partial charge in [-0.15, -0.1) is 22.7 Å². The van der Waals surface area contributed by atoms with Crippen molar-refractivity contribution in [2.24, 2.45) is 11.3 Å². The molecule has 26 heavy (non-hydrogen) atoms. The molecule has 2 aliphatic carbocycles. The van der Waals surface area contributed by atoms with Crippen LogP contribution in [-0.4, -0.2) is 10.9 Å². The quantitative estimate of drug-likeness (QED) is 0.658. The maximum absolute atomic E-state index is 12.8. The second-order valence-electron chi connectivity index (χ2n) is 8.31. The minimum atomic E-state index is 0.0986. The van der Waals surface area contributed by atoms with Gasteiger partial charge in [0.15, 0.2) is 0 Å². The van der Waals surface area contributed by atoms with Gasteiger partial charge in [-0.2, -0.15) is 0 Å². The molecule has 3 nitrogen and oxygen atoms in total. The maximum atomic E-state index is 12.8. The summed E-state index contributed by atoms with van der Waals surface area (Å²) in [5, 5.41) is 7.46. The number of amides is 1. The number of nitrogens with one attached hydrogen (secondary N) is 1. The number of thiophene rings is 1. The van der Waals surface area contributed by atoms with Gasteiger partial charge in [-0.05, 0) is 56.4 Å². The van der Waals surface area contributed by atoms with E-state index in [1.165, 1.54) is 22.4 Å². The number of rotatable bonds is 3. The smallest absolute Gasteiger partial charge is 0.228 e. The van der Waals surface area contributed by atoms with Crippen LogP contribution in [0.3, 0.4) is 0 Å². The number of nitrogens with zero attached hydrogens (tertiary/aromatic N) is 1. The average Bonchev–Trinajstić information content (AvgIpc) is 3.17. The summed E-state index contributed by atoms with van der Waals surface area (Å²) in [6.45, 7) is 6.72. The molecule has 2 heterocycles. The lowest BCUT2D eigenvalue weighted by Gasteiger charge is -2.29. The molecule has 2 aromatic rings. The summed E-state index contributed by atoms with van der Waals surface area (Å²) in [6.07, 6.45) is 10.5. The highest BCUT2D eigenvalue weighted by molar-refractivity contribution is 7.18. The number of anilines is 1. The largest absolute Gasteiger partial charge is 0.317 e. The van der Waals surface area contributed by atoms with Crippen molar-refractivity contribution in [2.75, 3.05) is 5.32 Å². The average molecular weight is 387 g/mol. The van der Waals surface area contributed by atoms with E-state index in [4.69, 9.17) is 4.98 Å². The first-order valence-corrected chi connectivity index (χ1v) is 11.2. The number of aromatic nitrogens is 1. The molecule has 4 rings (SSSR count). The van der Waals surface area contributed by atoms with Crippen molar-refractivity contribution in [3.63, 3.8) is 0 Å². The van der Waals surface area contributed by atoms with Crippen molar-refractivity contribution in [1.82, 2.24) is 4.98 Å². The Hall–Kier alpha value is -1.46. The second-order valence-corrected chi connectivity index (χ2v) is 10.3. The number of thiazole rings is 1. The normalized spacial score (nSPS) is 21.4. The fraction of sp³-hybridized carbons (Fsp3) is 0.524. The van der Waals surface area contributed by atoms with E-state index in [1.807, 2.05) is 6.92 Å². The molecule has 0 saturated heterocycles. The number of hydrogen-bond donors (Lipinski definition) is 1. The summed E-state index contributed by atoms with van der Waals surface area (Å²) >= 11 is 3.47. The first-order chi connectivity index (χ1) is 12.4. The summed E-state index contributed by atoms with van der Waals surface area (Å²) in [5.74, 6) is 0.267. The van der Waals surface area contributed by atoms with Crippen LogP contribution in [-0.2, 0) is 17.6 Å². The lowest BCUT2D eigenvalue weighted by molar-refractivity contribution is -0.120. The molecule has 0 bridgehead atoms. The summed E-state index contributed by atoms with van der Waals surface area (Å²) in [7, 11) is 0. The van der Waals surface area contributed by atoms with Crippen LogP contribution in [0.2, 0.25) is 0 Å². The van der Waals surface area contributed by atoms with Crippen molar-refractivity contribution in [2.45, 2.75) is 59.3 Å². The van der Waals surface area contributed by atoms with E-state index in [0.29, 0.717) is 5.41 Å². The van der Waals surface area contributed by atoms with Crippen LogP contribution >= 0.6 is 22.7 Å². The molecular formula is C21H26N2OS2. The molecule has 0 aromatic carbocycles. The van der Waals surface area contributed by atoms with Crippen molar-refractivity contribution in [1.29, 1.82) is 0 Å². The third-order valence-electron chi connectivity index (χ3n) is 5.49. The van der Waals surface area contributed by atoms with Crippen LogP contribution in [0, 0.1) is 18.3 Å². The summed E-state index contributed by atoms with van der Waals surface area (Å²) in [6, 6.07) is 0. The minimum absolute atomic E-state index is 0.0986. The van der Waals surface area contributed by atoms with Gasteiger partial charge in [0.25, 0.3) is 0 Å². The molecule has 1 unspecified atom stereocenters. The van der Waals surface area contributed by atoms with E-state index in [0.717, 1.165) is 47.8 Å². The first kappa shape index (κ1) is 17.9. The van der Waals surface area contributed by atoms with Crippen LogP contribution in [0.5, 0.6) is 0 Å². The molecule has 2 aromatic heterocycles. The van der Waals surface area contributed by atoms with Gasteiger partial charge in [0.2, 0.25) is 5.91 Å². The molecule has 0 spiro atoms. The topological polar surface area (TPSA) is 42.0 Å². The van der Waals surface area contributed by atoms with Crippen molar-refractivity contribution >= 4 is 33.6 Å². The molecular weight excluding hydrogens is 360 g/mol. The monoisotopic (exact) mass is 386 g/mol. The Labute approximate surface area is 163 Å². The molecule has 0 saturated carbocycles. The third kappa shape index (κ3) is 3.52. The van der Waals surface area contributed by atoms with Gasteiger partial charge in [0.1, 0.15) is 10.0 Å². The van der Waals surface area contributed by atoms with Gasteiger partial charge in [-0.3, -0.25) is 4.79 Å². The van der Waals surface area contributed by atoms with Crippen molar-refractivity contribution < 1.29 is 4.79 Å². The third-order valence-corrected chi connectivity index (χ3v) is 7.62. The first-order valence-electron chi connectivity index (χ1n) is 9.46. The molecule has 1 atom stereocenters. The molecule has 0 fully saturated rings. The Bertz CT molecular complexity index is 859. The zero-order valence-electron chi connectivity index (χ0n) is 15.7. The SMILES string of the molecule is Cc1csc(-c2c(NC(=O)C3CC=CCC3)sc3c2CCC(C)(C)C3)n1. The number of allylic oxidation sites excluding steroid dienone is 2. The number of fused-ring (bicyclic) bond motifs is 1. The summed E-state index contributed by atoms with van der Waals surface area (Å²) in [4.78, 5) is 19.0. The van der Waals surface area contributed by atoms with Crippen LogP contribution in [0.25, 0.3) is 10.6 Å². The van der Waals surface area contributed by atoms with Crippen LogP contribution in [0.4, 0.5) is 5.00 Å². The van der Waals surface area contributed by atoms with Crippen molar-refractivity contribution in [3.05, 3.63) is 33.7 Å². The van der Waals surface area contributed by atoms with Gasteiger partial charge in [-0.25, -0.2) is 4.98 Å². The highest BCUT2D eigenvalue weighted by Gasteiger charge is 2.32. The Morgan fingerprint density at radius 3 is 2.88 bits per heavy atom. The zero-order chi connectivity index (χ0) is 18.3. The molecule has 1 amide bonds. The van der Waals surface area contributed by atoms with Crippen LogP contribution in [0.15, 0.2) is 17.5 Å².